The SMILES string of the molecule is CCOC(=O)[C@@]1(NC(=O)[C@@H]2C[C@@H](Oc3cc(-c4ccccc4)nc4cc(OC)ccc34)CN2C(=O)[C@H](CNC(=O)/C=C/CN(C)C)NC(=O)OC(C)(C)C)C[C@H]1CC. The molecular weight excluding hydrogens is 745 g/mol. The van der Waals surface area contributed by atoms with Gasteiger partial charge in [-0.3, -0.25) is 14.4 Å². The van der Waals surface area contributed by atoms with E-state index >= 15 is 0 Å². The average Bonchev–Trinajstić information content (AvgIpc) is 3.74. The number of likely N-dealkylation sites (tertiary alicyclic amines) is 1. The Hall–Kier alpha value is -5.70. The Labute approximate surface area is 339 Å². The number of aromatic nitrogens is 1. The number of methoxy groups -OCH3 is 1. The number of alkyl carbamates (subject to hydrolysis) is 1. The summed E-state index contributed by atoms with van der Waals surface area (Å²) in [6.07, 6.45) is 2.49. The van der Waals surface area contributed by atoms with Gasteiger partial charge in [-0.25, -0.2) is 14.6 Å². The molecule has 2 fully saturated rings. The first-order valence-electron chi connectivity index (χ1n) is 19.7. The van der Waals surface area contributed by atoms with E-state index in [4.69, 9.17) is 23.9 Å². The minimum absolute atomic E-state index is 0.0483. The van der Waals surface area contributed by atoms with Gasteiger partial charge in [0.25, 0.3) is 0 Å². The number of rotatable bonds is 16. The molecule has 2 heterocycles. The normalized spacial score (nSPS) is 20.7. The van der Waals surface area contributed by atoms with Crippen molar-refractivity contribution in [3.8, 4) is 22.8 Å². The van der Waals surface area contributed by atoms with Gasteiger partial charge in [0.1, 0.15) is 40.8 Å². The molecular formula is C43H56N6O9. The van der Waals surface area contributed by atoms with E-state index < -0.39 is 59.1 Å². The maximum Gasteiger partial charge on any atom is 0.408 e. The topological polar surface area (TPSA) is 178 Å². The number of hydrogen-bond donors (Lipinski definition) is 3. The summed E-state index contributed by atoms with van der Waals surface area (Å²) in [4.78, 5) is 76.3. The second-order valence-electron chi connectivity index (χ2n) is 15.8. The van der Waals surface area contributed by atoms with E-state index in [1.807, 2.05) is 68.4 Å². The van der Waals surface area contributed by atoms with Crippen LogP contribution in [0.1, 0.15) is 53.9 Å². The van der Waals surface area contributed by atoms with Crippen molar-refractivity contribution < 1.29 is 42.9 Å². The molecule has 5 rings (SSSR count). The zero-order valence-corrected chi connectivity index (χ0v) is 34.6. The zero-order valence-electron chi connectivity index (χ0n) is 34.6. The van der Waals surface area contributed by atoms with Gasteiger partial charge in [0.2, 0.25) is 17.7 Å². The van der Waals surface area contributed by atoms with Crippen molar-refractivity contribution in [1.82, 2.24) is 30.7 Å². The first-order valence-corrected chi connectivity index (χ1v) is 19.7. The fourth-order valence-electron chi connectivity index (χ4n) is 7.03. The van der Waals surface area contributed by atoms with Crippen molar-refractivity contribution in [2.75, 3.05) is 47.4 Å². The van der Waals surface area contributed by atoms with Gasteiger partial charge >= 0.3 is 12.1 Å². The molecule has 15 nitrogen and oxygen atoms in total. The van der Waals surface area contributed by atoms with Crippen molar-refractivity contribution in [3.05, 3.63) is 66.7 Å². The molecule has 0 bridgehead atoms. The largest absolute Gasteiger partial charge is 0.497 e. The molecule has 312 valence electrons. The molecule has 58 heavy (non-hydrogen) atoms. The lowest BCUT2D eigenvalue weighted by Crippen LogP contribution is -2.59. The molecule has 1 saturated carbocycles. The van der Waals surface area contributed by atoms with Crippen LogP contribution >= 0.6 is 0 Å². The molecule has 2 aromatic carbocycles. The molecule has 4 amide bonds. The number of fused-ring (bicyclic) bond motifs is 1. The van der Waals surface area contributed by atoms with Crippen LogP contribution in [0.25, 0.3) is 22.2 Å². The van der Waals surface area contributed by atoms with Crippen LogP contribution in [0.5, 0.6) is 11.5 Å². The molecule has 3 N–H and O–H groups in total. The predicted octanol–water partition coefficient (Wildman–Crippen LogP) is 4.23. The molecule has 3 aromatic rings. The minimum atomic E-state index is -1.34. The molecule has 2 aliphatic rings. The molecule has 15 heteroatoms. The molecule has 1 aliphatic carbocycles. The van der Waals surface area contributed by atoms with Crippen LogP contribution in [-0.4, -0.2) is 121 Å². The standard InChI is InChI=1S/C43H56N6O9/c1-9-28-24-43(28,40(53)56-10-2)47-38(51)35-22-30(57-36-23-32(27-15-12-11-13-16-27)45-33-21-29(55-8)18-19-31(33)36)26-49(35)39(52)34(46-41(54)58-42(3,4)5)25-44-37(50)17-14-20-48(6)7/h11-19,21,23,28,30,34-35H,9-10,20,22,24-26H2,1-8H3,(H,44,50)(H,46,54)(H,47,51)/b17-14+/t28-,30-,34+,35+,43-/m1/s1. The number of esters is 1. The molecule has 0 radical (unpaired) electrons. The Balaban J connectivity index is 1.50. The van der Waals surface area contributed by atoms with Gasteiger partial charge in [-0.05, 0) is 66.3 Å². The van der Waals surface area contributed by atoms with Crippen LogP contribution in [-0.2, 0) is 28.7 Å². The summed E-state index contributed by atoms with van der Waals surface area (Å²) in [5.74, 6) is -1.28. The molecule has 1 aromatic heterocycles. The second-order valence-corrected chi connectivity index (χ2v) is 15.8. The minimum Gasteiger partial charge on any atom is -0.497 e. The highest BCUT2D eigenvalue weighted by Gasteiger charge is 2.62. The highest BCUT2D eigenvalue weighted by molar-refractivity contribution is 5.97. The van der Waals surface area contributed by atoms with Crippen LogP contribution in [0.2, 0.25) is 0 Å². The number of hydrogen-bond acceptors (Lipinski definition) is 11. The number of pyridine rings is 1. The van der Waals surface area contributed by atoms with Crippen molar-refractivity contribution in [1.29, 1.82) is 0 Å². The first kappa shape index (κ1) is 43.4. The van der Waals surface area contributed by atoms with Gasteiger partial charge in [-0.2, -0.15) is 0 Å². The highest BCUT2D eigenvalue weighted by Crippen LogP contribution is 2.47. The summed E-state index contributed by atoms with van der Waals surface area (Å²) >= 11 is 0. The number of carbonyl (C=O) groups is 5. The molecule has 1 saturated heterocycles. The van der Waals surface area contributed by atoms with E-state index in [0.717, 1.165) is 5.56 Å². The Morgan fingerprint density at radius 2 is 1.79 bits per heavy atom. The van der Waals surface area contributed by atoms with E-state index in [0.29, 0.717) is 47.5 Å². The van der Waals surface area contributed by atoms with E-state index in [-0.39, 0.29) is 32.0 Å². The summed E-state index contributed by atoms with van der Waals surface area (Å²) in [6, 6.07) is 14.4. The number of ether oxygens (including phenoxy) is 4. The smallest absolute Gasteiger partial charge is 0.408 e. The van der Waals surface area contributed by atoms with Gasteiger partial charge in [-0.1, -0.05) is 49.8 Å². The Bertz CT molecular complexity index is 2000. The van der Waals surface area contributed by atoms with Crippen LogP contribution in [0.4, 0.5) is 4.79 Å². The maximum absolute atomic E-state index is 14.7. The lowest BCUT2D eigenvalue weighted by atomic mass is 10.1. The van der Waals surface area contributed by atoms with Crippen molar-refractivity contribution in [2.45, 2.75) is 83.2 Å². The highest BCUT2D eigenvalue weighted by atomic mass is 16.6. The van der Waals surface area contributed by atoms with Gasteiger partial charge in [-0.15, -0.1) is 0 Å². The number of nitrogens with zero attached hydrogens (tertiary/aromatic N) is 3. The Morgan fingerprint density at radius 1 is 1.05 bits per heavy atom. The van der Waals surface area contributed by atoms with Crippen LogP contribution in [0.15, 0.2) is 66.7 Å². The van der Waals surface area contributed by atoms with Crippen LogP contribution in [0, 0.1) is 5.92 Å². The van der Waals surface area contributed by atoms with Crippen molar-refractivity contribution >= 4 is 40.7 Å². The number of benzene rings is 2. The zero-order chi connectivity index (χ0) is 42.2. The lowest BCUT2D eigenvalue weighted by molar-refractivity contribution is -0.150. The monoisotopic (exact) mass is 800 g/mol. The number of amides is 4. The fraction of sp³-hybridized carbons (Fsp3) is 0.488. The van der Waals surface area contributed by atoms with Crippen LogP contribution in [0.3, 0.4) is 0 Å². The summed E-state index contributed by atoms with van der Waals surface area (Å²) in [5, 5.41) is 8.94. The molecule has 0 unspecified atom stereocenters. The second kappa shape index (κ2) is 18.7. The van der Waals surface area contributed by atoms with Crippen molar-refractivity contribution in [3.63, 3.8) is 0 Å². The van der Waals surface area contributed by atoms with Gasteiger partial charge < -0.3 is 44.7 Å². The third-order valence-corrected chi connectivity index (χ3v) is 9.98. The van der Waals surface area contributed by atoms with E-state index in [9.17, 15) is 24.0 Å². The van der Waals surface area contributed by atoms with Gasteiger partial charge in [0.15, 0.2) is 0 Å². The molecule has 1 aliphatic heterocycles. The van der Waals surface area contributed by atoms with Gasteiger partial charge in [0.05, 0.1) is 31.5 Å². The number of likely N-dealkylation sites (N-methyl/N-ethyl adjacent to an activating group) is 1. The number of nitrogens with one attached hydrogen (secondary N) is 3. The quantitative estimate of drug-likeness (QED) is 0.140. The van der Waals surface area contributed by atoms with E-state index in [1.165, 1.54) is 11.0 Å². The van der Waals surface area contributed by atoms with E-state index in [1.54, 1.807) is 53.0 Å². The maximum atomic E-state index is 14.7. The lowest BCUT2D eigenvalue weighted by Gasteiger charge is -2.30. The third kappa shape index (κ3) is 10.8. The third-order valence-electron chi connectivity index (χ3n) is 9.98. The Morgan fingerprint density at radius 3 is 2.43 bits per heavy atom. The fourth-order valence-corrected chi connectivity index (χ4v) is 7.03. The molecule has 5 atom stereocenters. The summed E-state index contributed by atoms with van der Waals surface area (Å²) < 4.78 is 23.0. The first-order chi connectivity index (χ1) is 27.6. The van der Waals surface area contributed by atoms with E-state index in [2.05, 4.69) is 16.0 Å². The van der Waals surface area contributed by atoms with Crippen molar-refractivity contribution in [2.24, 2.45) is 5.92 Å². The van der Waals surface area contributed by atoms with Gasteiger partial charge in [0, 0.05) is 48.7 Å². The Kier molecular flexibility index (Phi) is 14.0. The number of carbonyl (C=O) groups excluding carboxylic acids is 5. The average molecular weight is 801 g/mol. The molecule has 0 spiro atoms. The predicted molar refractivity (Wildman–Crippen MR) is 218 cm³/mol. The summed E-state index contributed by atoms with van der Waals surface area (Å²) in [6.45, 7) is 8.98. The summed E-state index contributed by atoms with van der Waals surface area (Å²) in [7, 11) is 5.29. The summed E-state index contributed by atoms with van der Waals surface area (Å²) in [5.41, 5.74) is 0.00311. The van der Waals surface area contributed by atoms with Crippen LogP contribution < -0.4 is 25.4 Å².